The van der Waals surface area contributed by atoms with Crippen LogP contribution in [0.2, 0.25) is 0 Å². The van der Waals surface area contributed by atoms with Gasteiger partial charge in [-0.1, -0.05) is 42.0 Å². The molecule has 6 nitrogen and oxygen atoms in total. The Morgan fingerprint density at radius 2 is 1.86 bits per heavy atom. The maximum Gasteiger partial charge on any atom is 0.194 e. The topological polar surface area (TPSA) is 58.3 Å². The summed E-state index contributed by atoms with van der Waals surface area (Å²) < 4.78 is 2.26. The molecule has 29 heavy (non-hydrogen) atoms. The second-order valence-electron chi connectivity index (χ2n) is 7.51. The number of benzene rings is 1. The third kappa shape index (κ3) is 5.58. The van der Waals surface area contributed by atoms with Crippen LogP contribution in [0.3, 0.4) is 0 Å². The number of rotatable bonds is 4. The number of likely N-dealkylation sites (tertiary alicyclic amines) is 1. The summed E-state index contributed by atoms with van der Waals surface area (Å²) in [7, 11) is 0. The van der Waals surface area contributed by atoms with Gasteiger partial charge in [0, 0.05) is 32.6 Å². The van der Waals surface area contributed by atoms with Gasteiger partial charge in [-0.25, -0.2) is 4.99 Å². The van der Waals surface area contributed by atoms with E-state index in [2.05, 4.69) is 68.3 Å². The van der Waals surface area contributed by atoms with Crippen LogP contribution in [0, 0.1) is 0 Å². The van der Waals surface area contributed by atoms with E-state index in [4.69, 9.17) is 4.99 Å². The molecule has 1 fully saturated rings. The third-order valence-corrected chi connectivity index (χ3v) is 5.52. The second-order valence-corrected chi connectivity index (χ2v) is 7.51. The molecule has 0 spiro atoms. The van der Waals surface area contributed by atoms with E-state index in [1.54, 1.807) is 0 Å². The Hall–Kier alpha value is -1.90. The molecule has 2 aromatic rings. The van der Waals surface area contributed by atoms with E-state index >= 15 is 0 Å². The van der Waals surface area contributed by atoms with E-state index in [9.17, 15) is 0 Å². The number of guanidine groups is 1. The number of aromatic nitrogens is 3. The molecule has 0 atom stereocenters. The first-order valence-corrected chi connectivity index (χ1v) is 10.5. The number of hydrogen-bond donors (Lipinski definition) is 1. The molecule has 0 radical (unpaired) electrons. The number of fused-ring (bicyclic) bond motifs is 1. The van der Waals surface area contributed by atoms with Crippen LogP contribution in [-0.4, -0.2) is 45.3 Å². The fraction of sp³-hybridized carbons (Fsp3) is 0.500. The smallest absolute Gasteiger partial charge is 0.194 e. The highest BCUT2D eigenvalue weighted by Gasteiger charge is 2.19. The minimum Gasteiger partial charge on any atom is -0.357 e. The maximum absolute atomic E-state index is 4.89. The number of hydrogen-bond acceptors (Lipinski definition) is 3. The van der Waals surface area contributed by atoms with E-state index in [1.165, 1.54) is 24.0 Å². The largest absolute Gasteiger partial charge is 0.357 e. The summed E-state index contributed by atoms with van der Waals surface area (Å²) in [5, 5.41) is 12.2. The molecule has 1 aromatic carbocycles. The van der Waals surface area contributed by atoms with Gasteiger partial charge in [0.15, 0.2) is 11.8 Å². The van der Waals surface area contributed by atoms with Crippen molar-refractivity contribution in [2.45, 2.75) is 52.1 Å². The Kier molecular flexibility index (Phi) is 8.09. The maximum atomic E-state index is 4.89. The fourth-order valence-corrected chi connectivity index (χ4v) is 3.99. The molecular weight excluding hydrogens is 475 g/mol. The SMILES string of the molecule is CCNC(=NCc1nnc2n1CCCC2)N1CCC(=Cc2ccccc2)CC1.I. The molecule has 0 unspecified atom stereocenters. The Morgan fingerprint density at radius 1 is 1.07 bits per heavy atom. The lowest BCUT2D eigenvalue weighted by Crippen LogP contribution is -2.44. The first kappa shape index (κ1) is 21.8. The Morgan fingerprint density at radius 3 is 2.62 bits per heavy atom. The lowest BCUT2D eigenvalue weighted by molar-refractivity contribution is 0.375. The number of aryl methyl sites for hydroxylation is 1. The summed E-state index contributed by atoms with van der Waals surface area (Å²) in [5.41, 5.74) is 2.81. The van der Waals surface area contributed by atoms with E-state index in [0.717, 1.165) is 63.0 Å². The number of nitrogens with zero attached hydrogens (tertiary/aromatic N) is 5. The minimum absolute atomic E-state index is 0. The van der Waals surface area contributed by atoms with Crippen LogP contribution in [-0.2, 0) is 19.5 Å². The highest BCUT2D eigenvalue weighted by molar-refractivity contribution is 14.0. The van der Waals surface area contributed by atoms with Crippen LogP contribution >= 0.6 is 24.0 Å². The molecule has 0 aliphatic carbocycles. The van der Waals surface area contributed by atoms with Crippen molar-refractivity contribution in [3.63, 3.8) is 0 Å². The van der Waals surface area contributed by atoms with Gasteiger partial charge in [-0.05, 0) is 38.2 Å². The van der Waals surface area contributed by atoms with Crippen molar-refractivity contribution in [3.05, 3.63) is 53.1 Å². The molecule has 2 aliphatic heterocycles. The summed E-state index contributed by atoms with van der Waals surface area (Å²) in [6.45, 7) is 6.63. The third-order valence-electron chi connectivity index (χ3n) is 5.52. The fourth-order valence-electron chi connectivity index (χ4n) is 3.99. The van der Waals surface area contributed by atoms with Gasteiger partial charge in [-0.2, -0.15) is 0 Å². The number of nitrogens with one attached hydrogen (secondary N) is 1. The Balaban J connectivity index is 0.00000240. The van der Waals surface area contributed by atoms with Gasteiger partial charge >= 0.3 is 0 Å². The first-order valence-electron chi connectivity index (χ1n) is 10.5. The van der Waals surface area contributed by atoms with Crippen LogP contribution in [0.25, 0.3) is 6.08 Å². The number of piperidine rings is 1. The van der Waals surface area contributed by atoms with E-state index in [-0.39, 0.29) is 24.0 Å². The van der Waals surface area contributed by atoms with Crippen LogP contribution in [0.1, 0.15) is 49.8 Å². The molecule has 7 heteroatoms. The van der Waals surface area contributed by atoms with Gasteiger partial charge in [0.25, 0.3) is 0 Å². The monoisotopic (exact) mass is 506 g/mol. The molecular formula is C22H31IN6. The quantitative estimate of drug-likeness (QED) is 0.389. The van der Waals surface area contributed by atoms with E-state index in [1.807, 2.05) is 0 Å². The molecule has 1 saturated heterocycles. The van der Waals surface area contributed by atoms with Crippen LogP contribution < -0.4 is 5.32 Å². The van der Waals surface area contributed by atoms with Crippen molar-refractivity contribution in [2.75, 3.05) is 19.6 Å². The summed E-state index contributed by atoms with van der Waals surface area (Å²) in [6.07, 6.45) is 7.98. The molecule has 0 saturated carbocycles. The average molecular weight is 506 g/mol. The zero-order valence-electron chi connectivity index (χ0n) is 17.2. The van der Waals surface area contributed by atoms with Gasteiger partial charge in [-0.3, -0.25) is 0 Å². The number of aliphatic imine (C=N–C) groups is 1. The summed E-state index contributed by atoms with van der Waals surface area (Å²) >= 11 is 0. The molecule has 2 aliphatic rings. The van der Waals surface area contributed by atoms with Crippen molar-refractivity contribution >= 4 is 36.0 Å². The highest BCUT2D eigenvalue weighted by Crippen LogP contribution is 2.20. The van der Waals surface area contributed by atoms with Crippen molar-refractivity contribution < 1.29 is 0 Å². The molecule has 0 bridgehead atoms. The Bertz CT molecular complexity index is 832. The van der Waals surface area contributed by atoms with Crippen molar-refractivity contribution in [1.82, 2.24) is 25.0 Å². The zero-order valence-corrected chi connectivity index (χ0v) is 19.5. The van der Waals surface area contributed by atoms with Crippen LogP contribution in [0.15, 0.2) is 40.9 Å². The zero-order chi connectivity index (χ0) is 19.2. The predicted molar refractivity (Wildman–Crippen MR) is 128 cm³/mol. The van der Waals surface area contributed by atoms with Gasteiger partial charge in [0.2, 0.25) is 0 Å². The normalized spacial score (nSPS) is 16.8. The first-order chi connectivity index (χ1) is 13.8. The van der Waals surface area contributed by atoms with Crippen molar-refractivity contribution in [1.29, 1.82) is 0 Å². The standard InChI is InChI=1S/C22H30N6.HI/c1-2-23-22(24-17-21-26-25-20-10-6-7-13-28(20)21)27-14-11-19(12-15-27)16-18-8-4-3-5-9-18;/h3-5,8-9,16H,2,6-7,10-15,17H2,1H3,(H,23,24);1H. The summed E-state index contributed by atoms with van der Waals surface area (Å²) in [6, 6.07) is 10.6. The van der Waals surface area contributed by atoms with Crippen molar-refractivity contribution in [2.24, 2.45) is 4.99 Å². The summed E-state index contributed by atoms with van der Waals surface area (Å²) in [4.78, 5) is 7.26. The lowest BCUT2D eigenvalue weighted by Gasteiger charge is -2.31. The van der Waals surface area contributed by atoms with E-state index < -0.39 is 0 Å². The molecule has 1 aromatic heterocycles. The Labute approximate surface area is 190 Å². The van der Waals surface area contributed by atoms with Gasteiger partial charge in [-0.15, -0.1) is 34.2 Å². The molecule has 0 amide bonds. The second kappa shape index (κ2) is 10.8. The summed E-state index contributed by atoms with van der Waals surface area (Å²) in [5.74, 6) is 3.11. The minimum atomic E-state index is 0. The van der Waals surface area contributed by atoms with Crippen molar-refractivity contribution in [3.8, 4) is 0 Å². The highest BCUT2D eigenvalue weighted by atomic mass is 127. The average Bonchev–Trinajstić information content (AvgIpc) is 3.16. The van der Waals surface area contributed by atoms with Crippen LogP contribution in [0.4, 0.5) is 0 Å². The molecule has 3 heterocycles. The van der Waals surface area contributed by atoms with E-state index in [0.29, 0.717) is 6.54 Å². The molecule has 4 rings (SSSR count). The lowest BCUT2D eigenvalue weighted by atomic mass is 10.0. The molecule has 156 valence electrons. The van der Waals surface area contributed by atoms with Gasteiger partial charge in [0.1, 0.15) is 12.4 Å². The molecule has 1 N–H and O–H groups in total. The number of halogens is 1. The predicted octanol–water partition coefficient (Wildman–Crippen LogP) is 3.88. The van der Waals surface area contributed by atoms with Gasteiger partial charge in [0.05, 0.1) is 0 Å². The van der Waals surface area contributed by atoms with Crippen LogP contribution in [0.5, 0.6) is 0 Å². The van der Waals surface area contributed by atoms with Gasteiger partial charge < -0.3 is 14.8 Å².